The molecule has 1 atom stereocenters. The van der Waals surface area contributed by atoms with E-state index in [1.165, 1.54) is 21.6 Å². The molecule has 2 aromatic rings. The maximum Gasteiger partial charge on any atom is 0.354 e. The molecule has 1 N–H and O–H groups in total. The van der Waals surface area contributed by atoms with E-state index in [4.69, 9.17) is 10.00 Å². The molecular weight excluding hydrogens is 468 g/mol. The van der Waals surface area contributed by atoms with E-state index < -0.39 is 30.2 Å². The third-order valence-electron chi connectivity index (χ3n) is 5.93. The van der Waals surface area contributed by atoms with Gasteiger partial charge in [-0.25, -0.2) is 4.79 Å². The first-order valence-corrected chi connectivity index (χ1v) is 12.1. The van der Waals surface area contributed by atoms with Crippen LogP contribution in [0.5, 0.6) is 0 Å². The number of para-hydroxylation sites is 2. The minimum Gasteiger partial charge on any atom is -0.452 e. The van der Waals surface area contributed by atoms with Crippen molar-refractivity contribution >= 4 is 46.8 Å². The van der Waals surface area contributed by atoms with Crippen molar-refractivity contribution in [3.63, 3.8) is 0 Å². The van der Waals surface area contributed by atoms with Crippen LogP contribution in [0.3, 0.4) is 0 Å². The number of carbonyl (C=O) groups is 4. The second-order valence-electron chi connectivity index (χ2n) is 8.40. The standard InChI is InChI=1S/C25H24N4O5S/c1-16(2)28-23(32)17-7-3-5-9-19(17)29-22(31)11-12-25(28,29)24(33)34-15-21(30)27-18-8-4-6-10-20(18)35-14-13-26/h3-10,16H,11-12,14-15H2,1-2H3,(H,27,30). The minimum atomic E-state index is -1.66. The number of amides is 3. The number of hydrogen-bond acceptors (Lipinski definition) is 7. The summed E-state index contributed by atoms with van der Waals surface area (Å²) < 4.78 is 5.44. The zero-order valence-corrected chi connectivity index (χ0v) is 20.1. The fourth-order valence-electron chi connectivity index (χ4n) is 4.61. The van der Waals surface area contributed by atoms with Crippen LogP contribution in [0.2, 0.25) is 0 Å². The topological polar surface area (TPSA) is 120 Å². The second-order valence-corrected chi connectivity index (χ2v) is 9.42. The normalized spacial score (nSPS) is 18.7. The van der Waals surface area contributed by atoms with E-state index in [-0.39, 0.29) is 30.4 Å². The van der Waals surface area contributed by atoms with Crippen LogP contribution in [0.25, 0.3) is 0 Å². The van der Waals surface area contributed by atoms with Crippen molar-refractivity contribution in [2.45, 2.75) is 43.3 Å². The minimum absolute atomic E-state index is 0.0651. The van der Waals surface area contributed by atoms with Crippen LogP contribution in [0.1, 0.15) is 37.0 Å². The summed E-state index contributed by atoms with van der Waals surface area (Å²) in [6.07, 6.45) is 0.133. The van der Waals surface area contributed by atoms with Gasteiger partial charge in [-0.3, -0.25) is 19.3 Å². The Hall–Kier alpha value is -3.84. The molecule has 0 aliphatic carbocycles. The SMILES string of the molecule is CC(C)N1C(=O)c2ccccc2N2C(=O)CCC21C(=O)OCC(=O)Nc1ccccc1SCC#N. The molecule has 180 valence electrons. The van der Waals surface area contributed by atoms with Crippen LogP contribution < -0.4 is 10.2 Å². The molecule has 9 nitrogen and oxygen atoms in total. The zero-order chi connectivity index (χ0) is 25.2. The Bertz CT molecular complexity index is 1240. The molecule has 0 bridgehead atoms. The summed E-state index contributed by atoms with van der Waals surface area (Å²) in [5.41, 5.74) is -0.460. The molecule has 3 amide bonds. The molecule has 4 rings (SSSR count). The molecule has 10 heteroatoms. The number of nitrogens with one attached hydrogen (secondary N) is 1. The van der Waals surface area contributed by atoms with Gasteiger partial charge in [-0.2, -0.15) is 5.26 Å². The van der Waals surface area contributed by atoms with Gasteiger partial charge in [0.15, 0.2) is 6.61 Å². The Morgan fingerprint density at radius 3 is 2.63 bits per heavy atom. The van der Waals surface area contributed by atoms with Gasteiger partial charge in [-0.1, -0.05) is 24.3 Å². The average molecular weight is 493 g/mol. The number of hydrogen-bond donors (Lipinski definition) is 1. The van der Waals surface area contributed by atoms with Crippen LogP contribution in [-0.4, -0.2) is 52.7 Å². The van der Waals surface area contributed by atoms with Crippen LogP contribution in [0, 0.1) is 11.3 Å². The van der Waals surface area contributed by atoms with Gasteiger partial charge in [0.1, 0.15) is 0 Å². The first kappa shape index (κ1) is 24.3. The summed E-state index contributed by atoms with van der Waals surface area (Å²) >= 11 is 1.27. The van der Waals surface area contributed by atoms with Crippen molar-refractivity contribution in [2.24, 2.45) is 0 Å². The number of nitrogens with zero attached hydrogens (tertiary/aromatic N) is 3. The lowest BCUT2D eigenvalue weighted by Gasteiger charge is -2.50. The van der Waals surface area contributed by atoms with Gasteiger partial charge in [0.2, 0.25) is 11.6 Å². The van der Waals surface area contributed by atoms with Crippen LogP contribution in [-0.2, 0) is 19.1 Å². The van der Waals surface area contributed by atoms with Gasteiger partial charge < -0.3 is 15.0 Å². The molecule has 1 fully saturated rings. The lowest BCUT2D eigenvalue weighted by atomic mass is 9.95. The van der Waals surface area contributed by atoms with Gasteiger partial charge in [0.05, 0.1) is 28.8 Å². The van der Waals surface area contributed by atoms with Crippen molar-refractivity contribution in [3.8, 4) is 6.07 Å². The molecule has 35 heavy (non-hydrogen) atoms. The summed E-state index contributed by atoms with van der Waals surface area (Å²) in [4.78, 5) is 56.0. The molecule has 0 aromatic heterocycles. The van der Waals surface area contributed by atoms with Crippen molar-refractivity contribution in [2.75, 3.05) is 22.6 Å². The smallest absolute Gasteiger partial charge is 0.354 e. The van der Waals surface area contributed by atoms with E-state index in [1.807, 2.05) is 6.07 Å². The summed E-state index contributed by atoms with van der Waals surface area (Å²) in [7, 11) is 0. The van der Waals surface area contributed by atoms with E-state index in [1.54, 1.807) is 62.4 Å². The third-order valence-corrected chi connectivity index (χ3v) is 6.87. The number of esters is 1. The number of benzene rings is 2. The number of thioether (sulfide) groups is 1. The summed E-state index contributed by atoms with van der Waals surface area (Å²) in [6.45, 7) is 2.94. The van der Waals surface area contributed by atoms with Crippen LogP contribution >= 0.6 is 11.8 Å². The van der Waals surface area contributed by atoms with Crippen molar-refractivity contribution in [1.29, 1.82) is 5.26 Å². The molecule has 0 spiro atoms. The molecule has 2 aliphatic heterocycles. The highest BCUT2D eigenvalue weighted by molar-refractivity contribution is 7.99. The number of nitriles is 1. The maximum atomic E-state index is 13.6. The number of rotatable bonds is 7. The Morgan fingerprint density at radius 2 is 1.89 bits per heavy atom. The van der Waals surface area contributed by atoms with Gasteiger partial charge in [0, 0.05) is 23.8 Å². The predicted molar refractivity (Wildman–Crippen MR) is 130 cm³/mol. The van der Waals surface area contributed by atoms with E-state index in [2.05, 4.69) is 5.32 Å². The van der Waals surface area contributed by atoms with Crippen LogP contribution in [0.15, 0.2) is 53.4 Å². The highest BCUT2D eigenvalue weighted by Gasteiger charge is 2.62. The molecule has 1 saturated heterocycles. The Morgan fingerprint density at radius 1 is 1.17 bits per heavy atom. The lowest BCUT2D eigenvalue weighted by Crippen LogP contribution is -2.70. The summed E-state index contributed by atoms with van der Waals surface area (Å²) in [5.74, 6) is -1.85. The molecule has 0 radical (unpaired) electrons. The number of ether oxygens (including phenoxy) is 1. The molecular formula is C25H24N4O5S. The maximum absolute atomic E-state index is 13.6. The van der Waals surface area contributed by atoms with Crippen LogP contribution in [0.4, 0.5) is 11.4 Å². The quantitative estimate of drug-likeness (QED) is 0.466. The molecule has 0 saturated carbocycles. The van der Waals surface area contributed by atoms with Gasteiger partial charge >= 0.3 is 5.97 Å². The Kier molecular flexibility index (Phi) is 6.80. The summed E-state index contributed by atoms with van der Waals surface area (Å²) in [5, 5.41) is 11.5. The highest BCUT2D eigenvalue weighted by atomic mass is 32.2. The van der Waals surface area contributed by atoms with Crippen molar-refractivity contribution in [3.05, 3.63) is 54.1 Å². The van der Waals surface area contributed by atoms with Gasteiger partial charge in [0.25, 0.3) is 11.8 Å². The first-order valence-electron chi connectivity index (χ1n) is 11.1. The van der Waals surface area contributed by atoms with E-state index in [9.17, 15) is 19.2 Å². The van der Waals surface area contributed by atoms with Gasteiger partial charge in [-0.15, -0.1) is 11.8 Å². The van der Waals surface area contributed by atoms with Gasteiger partial charge in [-0.05, 0) is 38.1 Å². The van der Waals surface area contributed by atoms with Crippen molar-refractivity contribution < 1.29 is 23.9 Å². The fraction of sp³-hybridized carbons (Fsp3) is 0.320. The number of carbonyl (C=O) groups excluding carboxylic acids is 4. The molecule has 1 unspecified atom stereocenters. The number of fused-ring (bicyclic) bond motifs is 3. The predicted octanol–water partition coefficient (Wildman–Crippen LogP) is 3.17. The third kappa shape index (κ3) is 4.23. The van der Waals surface area contributed by atoms with E-state index in [0.29, 0.717) is 21.8 Å². The highest BCUT2D eigenvalue weighted by Crippen LogP contribution is 2.46. The number of anilines is 2. The fourth-order valence-corrected chi connectivity index (χ4v) is 5.28. The largest absolute Gasteiger partial charge is 0.452 e. The second kappa shape index (κ2) is 9.80. The monoisotopic (exact) mass is 492 g/mol. The lowest BCUT2D eigenvalue weighted by molar-refractivity contribution is -0.160. The Labute approximate surface area is 207 Å². The summed E-state index contributed by atoms with van der Waals surface area (Å²) in [6, 6.07) is 15.3. The molecule has 2 aromatic carbocycles. The Balaban J connectivity index is 1.58. The molecule has 2 heterocycles. The average Bonchev–Trinajstić information content (AvgIpc) is 3.19. The van der Waals surface area contributed by atoms with Crippen molar-refractivity contribution in [1.82, 2.24) is 4.90 Å². The zero-order valence-electron chi connectivity index (χ0n) is 19.3. The first-order chi connectivity index (χ1) is 16.8. The molecule has 2 aliphatic rings. The van der Waals surface area contributed by atoms with E-state index in [0.717, 1.165) is 0 Å². The van der Waals surface area contributed by atoms with E-state index >= 15 is 0 Å².